The fourth-order valence-electron chi connectivity index (χ4n) is 2.37. The standard InChI is InChI=1S/C16H19F2NO2/c1-10(13-5-4-12(17)9-14(13)18)8-16(21)19-15(6-7-20)11-2-3-11/h4-5,8-9,11,15,20H,2-3,6-7H2,1H3,(H,19,21)/b10-8-. The summed E-state index contributed by atoms with van der Waals surface area (Å²) in [5.41, 5.74) is 0.639. The van der Waals surface area contributed by atoms with Crippen LogP contribution < -0.4 is 5.32 Å². The second-order valence-corrected chi connectivity index (χ2v) is 5.42. The summed E-state index contributed by atoms with van der Waals surface area (Å²) in [5.74, 6) is -1.23. The SMILES string of the molecule is C/C(=C/C(=O)NC(CCO)C1CC1)c1ccc(F)cc1F. The molecule has 0 aliphatic heterocycles. The summed E-state index contributed by atoms with van der Waals surface area (Å²) in [5, 5.41) is 11.8. The molecule has 2 rings (SSSR count). The van der Waals surface area contributed by atoms with Crippen LogP contribution in [0, 0.1) is 17.6 Å². The summed E-state index contributed by atoms with van der Waals surface area (Å²) in [4.78, 5) is 12.0. The van der Waals surface area contributed by atoms with Gasteiger partial charge in [0.15, 0.2) is 0 Å². The van der Waals surface area contributed by atoms with Crippen LogP contribution in [0.4, 0.5) is 8.78 Å². The minimum atomic E-state index is -0.689. The molecule has 0 spiro atoms. The topological polar surface area (TPSA) is 49.3 Å². The molecule has 1 aromatic carbocycles. The quantitative estimate of drug-likeness (QED) is 0.793. The molecule has 1 fully saturated rings. The third-order valence-electron chi connectivity index (χ3n) is 3.66. The number of nitrogens with one attached hydrogen (secondary N) is 1. The van der Waals surface area contributed by atoms with E-state index in [2.05, 4.69) is 5.32 Å². The highest BCUT2D eigenvalue weighted by Crippen LogP contribution is 2.34. The number of carbonyl (C=O) groups excluding carboxylic acids is 1. The second-order valence-electron chi connectivity index (χ2n) is 5.42. The Balaban J connectivity index is 2.05. The summed E-state index contributed by atoms with van der Waals surface area (Å²) in [6.45, 7) is 1.63. The zero-order valence-corrected chi connectivity index (χ0v) is 11.9. The predicted octanol–water partition coefficient (Wildman–Crippen LogP) is 2.65. The maximum atomic E-state index is 13.6. The van der Waals surface area contributed by atoms with Crippen molar-refractivity contribution in [3.05, 3.63) is 41.5 Å². The Bertz CT molecular complexity index is 553. The number of aliphatic hydroxyl groups excluding tert-OH is 1. The van der Waals surface area contributed by atoms with Crippen LogP contribution in [-0.2, 0) is 4.79 Å². The first-order chi connectivity index (χ1) is 10.0. The number of hydrogen-bond acceptors (Lipinski definition) is 2. The summed E-state index contributed by atoms with van der Waals surface area (Å²) in [6, 6.07) is 3.23. The molecule has 0 bridgehead atoms. The van der Waals surface area contributed by atoms with Crippen LogP contribution in [0.2, 0.25) is 0 Å². The number of aliphatic hydroxyl groups is 1. The summed E-state index contributed by atoms with van der Waals surface area (Å²) in [7, 11) is 0. The van der Waals surface area contributed by atoms with E-state index in [4.69, 9.17) is 5.11 Å². The number of amides is 1. The lowest BCUT2D eigenvalue weighted by Crippen LogP contribution is -2.36. The van der Waals surface area contributed by atoms with E-state index < -0.39 is 11.6 Å². The summed E-state index contributed by atoms with van der Waals surface area (Å²) < 4.78 is 26.5. The molecular weight excluding hydrogens is 276 g/mol. The van der Waals surface area contributed by atoms with Gasteiger partial charge in [-0.2, -0.15) is 0 Å². The zero-order valence-electron chi connectivity index (χ0n) is 11.9. The van der Waals surface area contributed by atoms with Crippen molar-refractivity contribution in [2.24, 2.45) is 5.92 Å². The van der Waals surface area contributed by atoms with Gasteiger partial charge in [-0.3, -0.25) is 4.79 Å². The van der Waals surface area contributed by atoms with Gasteiger partial charge < -0.3 is 10.4 Å². The molecule has 0 aromatic heterocycles. The van der Waals surface area contributed by atoms with Crippen molar-refractivity contribution >= 4 is 11.5 Å². The normalized spacial score (nSPS) is 16.7. The molecule has 1 atom stereocenters. The highest BCUT2D eigenvalue weighted by molar-refractivity contribution is 5.95. The molecule has 1 unspecified atom stereocenters. The lowest BCUT2D eigenvalue weighted by molar-refractivity contribution is -0.117. The molecule has 1 aromatic rings. The molecule has 0 heterocycles. The average Bonchev–Trinajstić information content (AvgIpc) is 3.22. The number of carbonyl (C=O) groups is 1. The third-order valence-corrected chi connectivity index (χ3v) is 3.66. The largest absolute Gasteiger partial charge is 0.396 e. The van der Waals surface area contributed by atoms with Gasteiger partial charge in [-0.15, -0.1) is 0 Å². The van der Waals surface area contributed by atoms with Gasteiger partial charge in [0.05, 0.1) is 0 Å². The van der Waals surface area contributed by atoms with Crippen LogP contribution in [0.3, 0.4) is 0 Å². The van der Waals surface area contributed by atoms with Crippen molar-refractivity contribution in [2.45, 2.75) is 32.2 Å². The molecule has 114 valence electrons. The molecule has 2 N–H and O–H groups in total. The molecular formula is C16H19F2NO2. The van der Waals surface area contributed by atoms with Crippen LogP contribution in [-0.4, -0.2) is 23.7 Å². The Hall–Kier alpha value is -1.75. The van der Waals surface area contributed by atoms with Gasteiger partial charge >= 0.3 is 0 Å². The Morgan fingerprint density at radius 2 is 2.19 bits per heavy atom. The van der Waals surface area contributed by atoms with E-state index in [1.165, 1.54) is 12.1 Å². The van der Waals surface area contributed by atoms with Gasteiger partial charge in [-0.05, 0) is 49.8 Å². The fraction of sp³-hybridized carbons (Fsp3) is 0.438. The van der Waals surface area contributed by atoms with Crippen LogP contribution in [0.25, 0.3) is 5.57 Å². The molecule has 3 nitrogen and oxygen atoms in total. The molecule has 1 aliphatic carbocycles. The maximum absolute atomic E-state index is 13.6. The smallest absolute Gasteiger partial charge is 0.244 e. The van der Waals surface area contributed by atoms with Crippen LogP contribution in [0.15, 0.2) is 24.3 Å². The molecule has 5 heteroatoms. The lowest BCUT2D eigenvalue weighted by Gasteiger charge is -2.16. The lowest BCUT2D eigenvalue weighted by atomic mass is 10.1. The summed E-state index contributed by atoms with van der Waals surface area (Å²) >= 11 is 0. The highest BCUT2D eigenvalue weighted by Gasteiger charge is 2.31. The Labute approximate surface area is 122 Å². The number of rotatable bonds is 6. The van der Waals surface area contributed by atoms with Crippen LogP contribution in [0.1, 0.15) is 31.7 Å². The Kier molecular flexibility index (Phi) is 5.07. The van der Waals surface area contributed by atoms with E-state index >= 15 is 0 Å². The monoisotopic (exact) mass is 295 g/mol. The van der Waals surface area contributed by atoms with Gasteiger partial charge in [0, 0.05) is 30.4 Å². The average molecular weight is 295 g/mol. The third kappa shape index (κ3) is 4.36. The molecule has 21 heavy (non-hydrogen) atoms. The van der Waals surface area contributed by atoms with Crippen molar-refractivity contribution in [3.63, 3.8) is 0 Å². The maximum Gasteiger partial charge on any atom is 0.244 e. The van der Waals surface area contributed by atoms with E-state index in [-0.39, 0.29) is 24.1 Å². The molecule has 1 saturated carbocycles. The number of benzene rings is 1. The van der Waals surface area contributed by atoms with Gasteiger partial charge in [0.25, 0.3) is 0 Å². The minimum absolute atomic E-state index is 0.0245. The first kappa shape index (κ1) is 15.6. The molecule has 1 aliphatic rings. The van der Waals surface area contributed by atoms with Crippen molar-refractivity contribution in [3.8, 4) is 0 Å². The molecule has 0 saturated heterocycles. The Morgan fingerprint density at radius 3 is 2.76 bits per heavy atom. The molecule has 0 radical (unpaired) electrons. The second kappa shape index (κ2) is 6.80. The van der Waals surface area contributed by atoms with Crippen molar-refractivity contribution in [1.29, 1.82) is 0 Å². The molecule has 1 amide bonds. The fourth-order valence-corrected chi connectivity index (χ4v) is 2.37. The number of halogens is 2. The van der Waals surface area contributed by atoms with Gasteiger partial charge in [-0.1, -0.05) is 0 Å². The van der Waals surface area contributed by atoms with E-state index in [1.807, 2.05) is 0 Å². The minimum Gasteiger partial charge on any atom is -0.396 e. The summed E-state index contributed by atoms with van der Waals surface area (Å²) in [6.07, 6.45) is 3.94. The highest BCUT2D eigenvalue weighted by atomic mass is 19.1. The van der Waals surface area contributed by atoms with Crippen LogP contribution >= 0.6 is 0 Å². The van der Waals surface area contributed by atoms with Gasteiger partial charge in [0.2, 0.25) is 5.91 Å². The van der Waals surface area contributed by atoms with Crippen molar-refractivity contribution < 1.29 is 18.7 Å². The van der Waals surface area contributed by atoms with Crippen LogP contribution in [0.5, 0.6) is 0 Å². The predicted molar refractivity (Wildman–Crippen MR) is 76.4 cm³/mol. The number of hydrogen-bond donors (Lipinski definition) is 2. The van der Waals surface area contributed by atoms with E-state index in [0.717, 1.165) is 25.0 Å². The van der Waals surface area contributed by atoms with Gasteiger partial charge in [0.1, 0.15) is 11.6 Å². The first-order valence-corrected chi connectivity index (χ1v) is 7.06. The van der Waals surface area contributed by atoms with E-state index in [0.29, 0.717) is 17.9 Å². The van der Waals surface area contributed by atoms with Crippen molar-refractivity contribution in [1.82, 2.24) is 5.32 Å². The zero-order chi connectivity index (χ0) is 15.4. The van der Waals surface area contributed by atoms with E-state index in [9.17, 15) is 13.6 Å². The van der Waals surface area contributed by atoms with Crippen molar-refractivity contribution in [2.75, 3.05) is 6.61 Å². The van der Waals surface area contributed by atoms with E-state index in [1.54, 1.807) is 6.92 Å². The first-order valence-electron chi connectivity index (χ1n) is 7.06. The van der Waals surface area contributed by atoms with Gasteiger partial charge in [-0.25, -0.2) is 8.78 Å². The number of allylic oxidation sites excluding steroid dienone is 1. The Morgan fingerprint density at radius 1 is 1.48 bits per heavy atom.